The molecule has 0 bridgehead atoms. The van der Waals surface area contributed by atoms with Crippen molar-refractivity contribution in [1.82, 2.24) is 0 Å². The zero-order valence-corrected chi connectivity index (χ0v) is 11.0. The highest BCUT2D eigenvalue weighted by atomic mass is 16.4. The second-order valence-corrected chi connectivity index (χ2v) is 4.95. The molecule has 5 heteroatoms. The van der Waals surface area contributed by atoms with E-state index in [1.54, 1.807) is 33.8 Å². The van der Waals surface area contributed by atoms with Gasteiger partial charge < -0.3 is 16.2 Å². The number of amides is 1. The van der Waals surface area contributed by atoms with E-state index in [0.717, 1.165) is 5.56 Å². The molecule has 0 saturated carbocycles. The van der Waals surface area contributed by atoms with Gasteiger partial charge in [0.05, 0.1) is 11.1 Å². The molecule has 1 aromatic carbocycles. The van der Waals surface area contributed by atoms with Gasteiger partial charge in [0.25, 0.3) is 0 Å². The first-order valence-electron chi connectivity index (χ1n) is 5.58. The molecule has 0 aliphatic rings. The van der Waals surface area contributed by atoms with E-state index >= 15 is 0 Å². The Morgan fingerprint density at radius 1 is 1.28 bits per heavy atom. The third-order valence-electron chi connectivity index (χ3n) is 2.74. The highest BCUT2D eigenvalue weighted by Gasteiger charge is 2.22. The minimum atomic E-state index is -1.02. The topological polar surface area (TPSA) is 92.4 Å². The van der Waals surface area contributed by atoms with Gasteiger partial charge in [0, 0.05) is 5.69 Å². The van der Waals surface area contributed by atoms with Gasteiger partial charge in [0.15, 0.2) is 0 Å². The van der Waals surface area contributed by atoms with E-state index in [1.807, 2.05) is 0 Å². The number of anilines is 1. The lowest BCUT2D eigenvalue weighted by Crippen LogP contribution is -2.45. The molecule has 1 rings (SSSR count). The fraction of sp³-hybridized carbons (Fsp3) is 0.385. The molecule has 0 aliphatic carbocycles. The Balaban J connectivity index is 3.13. The zero-order chi connectivity index (χ0) is 14.1. The quantitative estimate of drug-likeness (QED) is 0.761. The van der Waals surface area contributed by atoms with Crippen LogP contribution >= 0.6 is 0 Å². The molecule has 0 heterocycles. The van der Waals surface area contributed by atoms with Crippen molar-refractivity contribution in [3.8, 4) is 0 Å². The maximum Gasteiger partial charge on any atom is 0.336 e. The highest BCUT2D eigenvalue weighted by molar-refractivity contribution is 5.99. The summed E-state index contributed by atoms with van der Waals surface area (Å²) in [6, 6.07) is 3.17. The van der Waals surface area contributed by atoms with Crippen molar-refractivity contribution in [2.75, 3.05) is 5.32 Å². The number of aromatic carboxylic acids is 1. The van der Waals surface area contributed by atoms with Crippen molar-refractivity contribution in [3.05, 3.63) is 28.8 Å². The van der Waals surface area contributed by atoms with Crippen LogP contribution in [0, 0.1) is 13.8 Å². The van der Waals surface area contributed by atoms with Gasteiger partial charge >= 0.3 is 5.97 Å². The lowest BCUT2D eigenvalue weighted by molar-refractivity contribution is -0.120. The molecule has 0 fully saturated rings. The van der Waals surface area contributed by atoms with Gasteiger partial charge in [-0.2, -0.15) is 0 Å². The second-order valence-electron chi connectivity index (χ2n) is 4.95. The molecule has 4 N–H and O–H groups in total. The van der Waals surface area contributed by atoms with Gasteiger partial charge in [-0.3, -0.25) is 4.79 Å². The fourth-order valence-electron chi connectivity index (χ4n) is 1.45. The number of benzene rings is 1. The lowest BCUT2D eigenvalue weighted by atomic mass is 10.0. The van der Waals surface area contributed by atoms with Crippen molar-refractivity contribution in [3.63, 3.8) is 0 Å². The Morgan fingerprint density at radius 3 is 2.28 bits per heavy atom. The number of carbonyl (C=O) groups excluding carboxylic acids is 1. The van der Waals surface area contributed by atoms with Crippen molar-refractivity contribution in [2.24, 2.45) is 5.73 Å². The lowest BCUT2D eigenvalue weighted by Gasteiger charge is -2.18. The first-order chi connectivity index (χ1) is 8.12. The second kappa shape index (κ2) is 4.78. The Kier molecular flexibility index (Phi) is 3.76. The molecule has 0 saturated heterocycles. The van der Waals surface area contributed by atoms with Crippen molar-refractivity contribution >= 4 is 17.6 Å². The minimum absolute atomic E-state index is 0.181. The molecule has 0 unspecified atom stereocenters. The van der Waals surface area contributed by atoms with E-state index in [9.17, 15) is 9.59 Å². The standard InChI is InChI=1S/C13H18N2O3/c1-7-5-9(15-12(18)13(3,4)14)6-10(8(7)2)11(16)17/h5-6H,14H2,1-4H3,(H,15,18)(H,16,17). The third-order valence-corrected chi connectivity index (χ3v) is 2.74. The molecule has 1 amide bonds. The molecule has 0 radical (unpaired) electrons. The summed E-state index contributed by atoms with van der Waals surface area (Å²) in [7, 11) is 0. The molecular formula is C13H18N2O3. The summed E-state index contributed by atoms with van der Waals surface area (Å²) in [4.78, 5) is 22.8. The van der Waals surface area contributed by atoms with Gasteiger partial charge in [0.1, 0.15) is 0 Å². The maximum atomic E-state index is 11.7. The summed E-state index contributed by atoms with van der Waals surface area (Å²) in [5, 5.41) is 11.7. The van der Waals surface area contributed by atoms with E-state index in [1.165, 1.54) is 6.07 Å². The van der Waals surface area contributed by atoms with Gasteiger partial charge in [-0.1, -0.05) is 0 Å². The molecular weight excluding hydrogens is 232 g/mol. The number of nitrogens with two attached hydrogens (primary N) is 1. The Labute approximate surface area is 106 Å². The monoisotopic (exact) mass is 250 g/mol. The number of aryl methyl sites for hydroxylation is 1. The van der Waals surface area contributed by atoms with Crippen LogP contribution in [-0.2, 0) is 4.79 Å². The number of carboxylic acid groups (broad SMARTS) is 1. The summed E-state index contributed by atoms with van der Waals surface area (Å²) in [5.41, 5.74) is 6.77. The van der Waals surface area contributed by atoms with Crippen molar-refractivity contribution in [2.45, 2.75) is 33.2 Å². The number of carbonyl (C=O) groups is 2. The number of hydrogen-bond acceptors (Lipinski definition) is 3. The minimum Gasteiger partial charge on any atom is -0.478 e. The van der Waals surface area contributed by atoms with Gasteiger partial charge in [0.2, 0.25) is 5.91 Å². The van der Waals surface area contributed by atoms with Gasteiger partial charge in [-0.25, -0.2) is 4.79 Å². The Morgan fingerprint density at radius 2 is 1.83 bits per heavy atom. The van der Waals surface area contributed by atoms with Crippen molar-refractivity contribution < 1.29 is 14.7 Å². The third kappa shape index (κ3) is 3.07. The summed E-state index contributed by atoms with van der Waals surface area (Å²) in [6.45, 7) is 6.70. The van der Waals surface area contributed by atoms with Crippen LogP contribution in [-0.4, -0.2) is 22.5 Å². The van der Waals surface area contributed by atoms with Crippen molar-refractivity contribution in [1.29, 1.82) is 0 Å². The van der Waals surface area contributed by atoms with E-state index < -0.39 is 11.5 Å². The average molecular weight is 250 g/mol. The molecule has 0 aromatic heterocycles. The highest BCUT2D eigenvalue weighted by Crippen LogP contribution is 2.20. The largest absolute Gasteiger partial charge is 0.478 e. The summed E-state index contributed by atoms with van der Waals surface area (Å²) in [6.07, 6.45) is 0. The normalized spacial score (nSPS) is 11.2. The van der Waals surface area contributed by atoms with E-state index in [4.69, 9.17) is 10.8 Å². The van der Waals surface area contributed by atoms with Crippen LogP contribution in [0.5, 0.6) is 0 Å². The van der Waals surface area contributed by atoms with Crippen LogP contribution in [0.25, 0.3) is 0 Å². The van der Waals surface area contributed by atoms with Crippen LogP contribution < -0.4 is 11.1 Å². The summed E-state index contributed by atoms with van der Waals surface area (Å²) in [5.74, 6) is -1.37. The average Bonchev–Trinajstić information content (AvgIpc) is 2.21. The zero-order valence-electron chi connectivity index (χ0n) is 11.0. The number of rotatable bonds is 3. The van der Waals surface area contributed by atoms with Crippen LogP contribution in [0.1, 0.15) is 35.3 Å². The molecule has 5 nitrogen and oxygen atoms in total. The predicted octanol–water partition coefficient (Wildman–Crippen LogP) is 1.68. The van der Waals surface area contributed by atoms with Gasteiger partial charge in [-0.05, 0) is 51.0 Å². The number of nitrogens with one attached hydrogen (secondary N) is 1. The predicted molar refractivity (Wildman–Crippen MR) is 69.8 cm³/mol. The molecule has 98 valence electrons. The smallest absolute Gasteiger partial charge is 0.336 e. The van der Waals surface area contributed by atoms with Crippen LogP contribution in [0.2, 0.25) is 0 Å². The van der Waals surface area contributed by atoms with Crippen LogP contribution in [0.4, 0.5) is 5.69 Å². The van der Waals surface area contributed by atoms with Crippen LogP contribution in [0.3, 0.4) is 0 Å². The summed E-state index contributed by atoms with van der Waals surface area (Å²) < 4.78 is 0. The van der Waals surface area contributed by atoms with Gasteiger partial charge in [-0.15, -0.1) is 0 Å². The molecule has 0 spiro atoms. The van der Waals surface area contributed by atoms with E-state index in [-0.39, 0.29) is 11.5 Å². The Bertz CT molecular complexity index is 502. The van der Waals surface area contributed by atoms with Crippen LogP contribution in [0.15, 0.2) is 12.1 Å². The SMILES string of the molecule is Cc1cc(NC(=O)C(C)(C)N)cc(C(=O)O)c1C. The van der Waals surface area contributed by atoms with E-state index in [2.05, 4.69) is 5.32 Å². The maximum absolute atomic E-state index is 11.7. The Hall–Kier alpha value is -1.88. The van der Waals surface area contributed by atoms with E-state index in [0.29, 0.717) is 11.3 Å². The molecule has 0 atom stereocenters. The molecule has 1 aromatic rings. The number of carboxylic acids is 1. The number of hydrogen-bond donors (Lipinski definition) is 3. The first-order valence-corrected chi connectivity index (χ1v) is 5.58. The fourth-order valence-corrected chi connectivity index (χ4v) is 1.45. The summed E-state index contributed by atoms with van der Waals surface area (Å²) >= 11 is 0. The molecule has 0 aliphatic heterocycles. The molecule has 18 heavy (non-hydrogen) atoms. The first kappa shape index (κ1) is 14.2.